The lowest BCUT2D eigenvalue weighted by molar-refractivity contribution is 0.102. The molecule has 0 bridgehead atoms. The fourth-order valence-electron chi connectivity index (χ4n) is 3.83. The summed E-state index contributed by atoms with van der Waals surface area (Å²) in [6, 6.07) is 20.2. The number of pyridine rings is 1. The summed E-state index contributed by atoms with van der Waals surface area (Å²) < 4.78 is 0.997. The normalized spacial score (nSPS) is 11.1. The zero-order valence-corrected chi connectivity index (χ0v) is 19.1. The highest BCUT2D eigenvalue weighted by molar-refractivity contribution is 7.17. The van der Waals surface area contributed by atoms with Gasteiger partial charge in [-0.25, -0.2) is 15.0 Å². The zero-order valence-electron chi connectivity index (χ0n) is 18.3. The van der Waals surface area contributed by atoms with Gasteiger partial charge in [0.15, 0.2) is 0 Å². The molecule has 9 heteroatoms. The molecule has 0 aliphatic carbocycles. The molecule has 2 aromatic carbocycles. The predicted octanol–water partition coefficient (Wildman–Crippen LogP) is 5.81. The van der Waals surface area contributed by atoms with Gasteiger partial charge in [0.25, 0.3) is 5.91 Å². The number of rotatable bonds is 5. The SMILES string of the molecule is Nc1ccc(C(=O)Nc2cccc(Nc3nc(-c4cnc5[nH]ccc5c4)c4sccc4n3)c2)cc1. The van der Waals surface area contributed by atoms with Crippen LogP contribution in [-0.4, -0.2) is 25.8 Å². The Morgan fingerprint density at radius 1 is 0.971 bits per heavy atom. The highest BCUT2D eigenvalue weighted by Crippen LogP contribution is 2.33. The number of nitrogens with two attached hydrogens (primary N) is 1. The third-order valence-electron chi connectivity index (χ3n) is 5.53. The highest BCUT2D eigenvalue weighted by atomic mass is 32.1. The molecule has 0 atom stereocenters. The molecular weight excluding hydrogens is 458 g/mol. The van der Waals surface area contributed by atoms with Crippen molar-refractivity contribution in [3.05, 3.63) is 90.1 Å². The van der Waals surface area contributed by atoms with Crippen molar-refractivity contribution in [2.24, 2.45) is 0 Å². The van der Waals surface area contributed by atoms with E-state index >= 15 is 0 Å². The molecule has 0 saturated carbocycles. The van der Waals surface area contributed by atoms with Gasteiger partial charge in [-0.2, -0.15) is 0 Å². The number of amides is 1. The molecule has 0 unspecified atom stereocenters. The minimum Gasteiger partial charge on any atom is -0.399 e. The molecule has 0 radical (unpaired) electrons. The number of hydrogen-bond donors (Lipinski definition) is 4. The summed E-state index contributed by atoms with van der Waals surface area (Å²) in [6.45, 7) is 0. The lowest BCUT2D eigenvalue weighted by Crippen LogP contribution is -2.12. The third kappa shape index (κ3) is 4.16. The van der Waals surface area contributed by atoms with Gasteiger partial charge in [0, 0.05) is 46.0 Å². The standard InChI is InChI=1S/C26H19N7OS/c27-18-6-4-15(5-7-18)25(34)30-19-2-1-3-20(13-19)31-26-32-21-9-11-35-23(21)22(33-26)17-12-16-8-10-28-24(16)29-14-17/h1-14H,27H2,(H,28,29)(H,30,34)(H,31,32,33). The summed E-state index contributed by atoms with van der Waals surface area (Å²) in [4.78, 5) is 29.7. The maximum Gasteiger partial charge on any atom is 0.255 e. The molecule has 6 rings (SSSR count). The van der Waals surface area contributed by atoms with E-state index in [2.05, 4.69) is 31.7 Å². The van der Waals surface area contributed by atoms with E-state index in [1.165, 1.54) is 0 Å². The largest absolute Gasteiger partial charge is 0.399 e. The van der Waals surface area contributed by atoms with Crippen LogP contribution in [0.4, 0.5) is 23.0 Å². The quantitative estimate of drug-likeness (QED) is 0.232. The molecule has 4 heterocycles. The highest BCUT2D eigenvalue weighted by Gasteiger charge is 2.13. The molecule has 8 nitrogen and oxygen atoms in total. The number of hydrogen-bond acceptors (Lipinski definition) is 7. The minimum atomic E-state index is -0.215. The van der Waals surface area contributed by atoms with Gasteiger partial charge in [0.2, 0.25) is 5.95 Å². The average molecular weight is 478 g/mol. The number of carbonyl (C=O) groups excluding carboxylic acids is 1. The van der Waals surface area contributed by atoms with E-state index in [1.807, 2.05) is 54.2 Å². The second-order valence-electron chi connectivity index (χ2n) is 7.95. The molecule has 35 heavy (non-hydrogen) atoms. The van der Waals surface area contributed by atoms with E-state index in [1.54, 1.807) is 35.6 Å². The summed E-state index contributed by atoms with van der Waals surface area (Å²) in [7, 11) is 0. The van der Waals surface area contributed by atoms with Crippen LogP contribution in [0.1, 0.15) is 10.4 Å². The summed E-state index contributed by atoms with van der Waals surface area (Å²) >= 11 is 1.60. The van der Waals surface area contributed by atoms with Crippen LogP contribution in [0.3, 0.4) is 0 Å². The second-order valence-corrected chi connectivity index (χ2v) is 8.87. The van der Waals surface area contributed by atoms with Crippen LogP contribution in [0.5, 0.6) is 0 Å². The Morgan fingerprint density at radius 2 is 1.83 bits per heavy atom. The first kappa shape index (κ1) is 20.8. The van der Waals surface area contributed by atoms with Crippen LogP contribution in [0.25, 0.3) is 32.5 Å². The smallest absolute Gasteiger partial charge is 0.255 e. The van der Waals surface area contributed by atoms with Crippen LogP contribution in [-0.2, 0) is 0 Å². The number of anilines is 4. The van der Waals surface area contributed by atoms with Crippen molar-refractivity contribution in [1.29, 1.82) is 0 Å². The lowest BCUT2D eigenvalue weighted by Gasteiger charge is -2.11. The minimum absolute atomic E-state index is 0.215. The predicted molar refractivity (Wildman–Crippen MR) is 141 cm³/mol. The molecule has 170 valence electrons. The Bertz CT molecular complexity index is 1690. The molecule has 6 aromatic rings. The van der Waals surface area contributed by atoms with Crippen molar-refractivity contribution in [3.8, 4) is 11.3 Å². The number of aromatic amines is 1. The molecule has 0 aliphatic heterocycles. The number of fused-ring (bicyclic) bond motifs is 2. The summed E-state index contributed by atoms with van der Waals surface area (Å²) in [6.07, 6.45) is 3.69. The van der Waals surface area contributed by atoms with Gasteiger partial charge in [-0.05, 0) is 66.0 Å². The molecule has 0 fully saturated rings. The van der Waals surface area contributed by atoms with E-state index in [4.69, 9.17) is 10.7 Å². The first-order valence-electron chi connectivity index (χ1n) is 10.9. The lowest BCUT2D eigenvalue weighted by atomic mass is 10.1. The summed E-state index contributed by atoms with van der Waals surface area (Å²) in [5.74, 6) is 0.245. The average Bonchev–Trinajstić information content (AvgIpc) is 3.53. The van der Waals surface area contributed by atoms with E-state index in [0.29, 0.717) is 22.9 Å². The third-order valence-corrected chi connectivity index (χ3v) is 6.44. The molecule has 4 aromatic heterocycles. The summed E-state index contributed by atoms with van der Waals surface area (Å²) in [5.41, 5.74) is 11.7. The van der Waals surface area contributed by atoms with Gasteiger partial charge in [-0.1, -0.05) is 6.07 Å². The number of H-pyrrole nitrogens is 1. The zero-order chi connectivity index (χ0) is 23.8. The van der Waals surface area contributed by atoms with Gasteiger partial charge in [-0.15, -0.1) is 11.3 Å². The Labute approximate surface area is 203 Å². The van der Waals surface area contributed by atoms with Crippen molar-refractivity contribution in [2.45, 2.75) is 0 Å². The fraction of sp³-hybridized carbons (Fsp3) is 0. The Morgan fingerprint density at radius 3 is 2.71 bits per heavy atom. The molecule has 0 spiro atoms. The van der Waals surface area contributed by atoms with Crippen molar-refractivity contribution in [1.82, 2.24) is 19.9 Å². The van der Waals surface area contributed by atoms with Gasteiger partial charge < -0.3 is 21.4 Å². The molecule has 0 aliphatic rings. The maximum atomic E-state index is 12.6. The second kappa shape index (κ2) is 8.54. The van der Waals surface area contributed by atoms with Crippen LogP contribution >= 0.6 is 11.3 Å². The first-order chi connectivity index (χ1) is 17.1. The van der Waals surface area contributed by atoms with Crippen LogP contribution in [0.15, 0.2) is 84.5 Å². The number of carbonyl (C=O) groups is 1. The van der Waals surface area contributed by atoms with Crippen LogP contribution < -0.4 is 16.4 Å². The van der Waals surface area contributed by atoms with Gasteiger partial charge in [-0.3, -0.25) is 4.79 Å². The van der Waals surface area contributed by atoms with Crippen molar-refractivity contribution < 1.29 is 4.79 Å². The Balaban J connectivity index is 1.30. The van der Waals surface area contributed by atoms with E-state index < -0.39 is 0 Å². The number of nitrogens with one attached hydrogen (secondary N) is 3. The number of thiophene rings is 1. The summed E-state index contributed by atoms with van der Waals surface area (Å²) in [5, 5.41) is 9.21. The van der Waals surface area contributed by atoms with Crippen molar-refractivity contribution in [3.63, 3.8) is 0 Å². The van der Waals surface area contributed by atoms with Crippen LogP contribution in [0, 0.1) is 0 Å². The van der Waals surface area contributed by atoms with Crippen LogP contribution in [0.2, 0.25) is 0 Å². The van der Waals surface area contributed by atoms with E-state index in [0.717, 1.165) is 38.2 Å². The topological polar surface area (TPSA) is 122 Å². The molecule has 5 N–H and O–H groups in total. The number of benzene rings is 2. The number of nitrogen functional groups attached to an aromatic ring is 1. The Hall–Kier alpha value is -4.76. The molecular formula is C26H19N7OS. The van der Waals surface area contributed by atoms with E-state index in [-0.39, 0.29) is 5.91 Å². The molecule has 0 saturated heterocycles. The van der Waals surface area contributed by atoms with E-state index in [9.17, 15) is 4.79 Å². The fourth-order valence-corrected chi connectivity index (χ4v) is 4.67. The van der Waals surface area contributed by atoms with Gasteiger partial charge in [0.1, 0.15) is 5.65 Å². The molecule has 1 amide bonds. The van der Waals surface area contributed by atoms with Gasteiger partial charge in [0.05, 0.1) is 15.9 Å². The maximum absolute atomic E-state index is 12.6. The van der Waals surface area contributed by atoms with Crippen molar-refractivity contribution >= 4 is 61.5 Å². The Kier molecular flexibility index (Phi) is 5.08. The van der Waals surface area contributed by atoms with Crippen molar-refractivity contribution in [2.75, 3.05) is 16.4 Å². The number of aromatic nitrogens is 4. The van der Waals surface area contributed by atoms with Gasteiger partial charge >= 0.3 is 0 Å². The monoisotopic (exact) mass is 477 g/mol. The number of nitrogens with zero attached hydrogens (tertiary/aromatic N) is 3. The first-order valence-corrected chi connectivity index (χ1v) is 11.7.